The highest BCUT2D eigenvalue weighted by molar-refractivity contribution is 6.30. The summed E-state index contributed by atoms with van der Waals surface area (Å²) >= 11 is 6.29. The molecule has 0 radical (unpaired) electrons. The van der Waals surface area contributed by atoms with Crippen molar-refractivity contribution < 1.29 is 4.74 Å². The van der Waals surface area contributed by atoms with Crippen LogP contribution in [0.4, 0.5) is 11.4 Å². The molecule has 0 aliphatic heterocycles. The number of aryl methyl sites for hydroxylation is 2. The highest BCUT2D eigenvalue weighted by Crippen LogP contribution is 2.28. The molecule has 0 spiro atoms. The van der Waals surface area contributed by atoms with E-state index in [1.165, 1.54) is 16.8 Å². The third-order valence-corrected chi connectivity index (χ3v) is 7.78. The van der Waals surface area contributed by atoms with E-state index >= 15 is 0 Å². The lowest BCUT2D eigenvalue weighted by Crippen LogP contribution is -2.29. The number of ether oxygens (including phenoxy) is 1. The van der Waals surface area contributed by atoms with Gasteiger partial charge in [-0.2, -0.15) is 5.10 Å². The number of hydrogen-bond acceptors (Lipinski definition) is 6. The number of unbranched alkanes of at least 4 members (excludes halogenated alkanes) is 1. The number of nitrogens with zero attached hydrogens (tertiary/aromatic N) is 4. The van der Waals surface area contributed by atoms with Gasteiger partial charge < -0.3 is 24.8 Å². The number of fused-ring (bicyclic) bond motifs is 1. The zero-order valence-corrected chi connectivity index (χ0v) is 25.8. The van der Waals surface area contributed by atoms with E-state index in [2.05, 4.69) is 89.9 Å². The van der Waals surface area contributed by atoms with Crippen LogP contribution in [0.15, 0.2) is 60.3 Å². The molecule has 4 aromatic rings. The predicted molar refractivity (Wildman–Crippen MR) is 172 cm³/mol. The summed E-state index contributed by atoms with van der Waals surface area (Å²) in [4.78, 5) is 6.73. The van der Waals surface area contributed by atoms with Gasteiger partial charge in [0.15, 0.2) is 0 Å². The molecule has 3 N–H and O–H groups in total. The number of hydrogen-bond donors (Lipinski definition) is 3. The Balaban J connectivity index is 1.17. The first-order valence-corrected chi connectivity index (χ1v) is 15.0. The van der Waals surface area contributed by atoms with Gasteiger partial charge in [-0.1, -0.05) is 37.1 Å². The summed E-state index contributed by atoms with van der Waals surface area (Å²) in [5, 5.41) is 16.3. The first kappa shape index (κ1) is 30.6. The normalized spacial score (nSPS) is 12.1. The Hall–Kier alpha value is -3.33. The minimum atomic E-state index is 0.647. The fraction of sp³-hybridized carbons (Fsp3) is 0.438. The van der Waals surface area contributed by atoms with Crippen molar-refractivity contribution in [2.24, 2.45) is 0 Å². The van der Waals surface area contributed by atoms with E-state index in [9.17, 15) is 0 Å². The maximum atomic E-state index is 6.29. The largest absolute Gasteiger partial charge is 0.382 e. The van der Waals surface area contributed by atoms with Crippen LogP contribution in [0.3, 0.4) is 0 Å². The molecule has 0 atom stereocenters. The van der Waals surface area contributed by atoms with Gasteiger partial charge in [-0.15, -0.1) is 0 Å². The molecule has 0 bridgehead atoms. The summed E-state index contributed by atoms with van der Waals surface area (Å²) in [5.74, 6) is 0. The van der Waals surface area contributed by atoms with Crippen molar-refractivity contribution in [1.29, 1.82) is 0 Å². The number of rotatable bonds is 16. The summed E-state index contributed by atoms with van der Waals surface area (Å²) in [6.45, 7) is 12.6. The summed E-state index contributed by atoms with van der Waals surface area (Å²) < 4.78 is 7.98. The van der Waals surface area contributed by atoms with Crippen LogP contribution in [0.5, 0.6) is 0 Å². The number of H-pyrrole nitrogens is 1. The molecule has 0 saturated carbocycles. The lowest BCUT2D eigenvalue weighted by molar-refractivity contribution is 0.140. The summed E-state index contributed by atoms with van der Waals surface area (Å²) in [5.41, 5.74) is 9.19. The maximum Gasteiger partial charge on any atom is 0.0995 e. The molecule has 2 heterocycles. The SMILES string of the molecule is CCC(C)=C(CNCCCCOCCNc1cc(-n2cnc(CC)c2)cc2[nH]ncc12)N(C)c1cc(Cl)ccc1C. The number of aromatic amines is 1. The van der Waals surface area contributed by atoms with Gasteiger partial charge >= 0.3 is 0 Å². The van der Waals surface area contributed by atoms with Crippen molar-refractivity contribution >= 4 is 33.9 Å². The number of nitrogens with one attached hydrogen (secondary N) is 3. The highest BCUT2D eigenvalue weighted by Gasteiger charge is 2.13. The first-order chi connectivity index (χ1) is 19.9. The van der Waals surface area contributed by atoms with E-state index in [0.717, 1.165) is 90.6 Å². The Labute approximate surface area is 249 Å². The van der Waals surface area contributed by atoms with Gasteiger partial charge in [-0.05, 0) is 75.9 Å². The van der Waals surface area contributed by atoms with Crippen molar-refractivity contribution in [3.05, 3.63) is 76.6 Å². The van der Waals surface area contributed by atoms with Crippen molar-refractivity contribution in [3.63, 3.8) is 0 Å². The second-order valence-corrected chi connectivity index (χ2v) is 10.9. The van der Waals surface area contributed by atoms with Crippen molar-refractivity contribution in [1.82, 2.24) is 25.1 Å². The fourth-order valence-corrected chi connectivity index (χ4v) is 5.05. The van der Waals surface area contributed by atoms with Gasteiger partial charge in [0.1, 0.15) is 0 Å². The van der Waals surface area contributed by atoms with Crippen molar-refractivity contribution in [2.75, 3.05) is 50.1 Å². The van der Waals surface area contributed by atoms with Crippen LogP contribution >= 0.6 is 11.6 Å². The number of imidazole rings is 1. The molecule has 0 aliphatic rings. The van der Waals surface area contributed by atoms with E-state index in [1.807, 2.05) is 29.2 Å². The lowest BCUT2D eigenvalue weighted by atomic mass is 10.1. The number of likely N-dealkylation sites (N-methyl/N-ethyl adjacent to an activating group) is 1. The molecule has 0 unspecified atom stereocenters. The second-order valence-electron chi connectivity index (χ2n) is 10.4. The van der Waals surface area contributed by atoms with Crippen LogP contribution in [-0.4, -0.2) is 59.6 Å². The molecule has 220 valence electrons. The minimum absolute atomic E-state index is 0.647. The molecule has 0 fully saturated rings. The standard InChI is InChI=1S/C32H44ClN7O/c1-6-23(3)32(39(5)31-16-25(33)11-10-24(31)4)20-34-12-8-9-14-41-15-13-35-29-17-27(18-30-28(29)19-37-38-30)40-21-26(7-2)36-22-40/h10-11,16-19,21-22,34-35H,6-9,12-15,20H2,1-5H3,(H,37,38). The molecule has 0 aliphatic carbocycles. The number of halogens is 1. The van der Waals surface area contributed by atoms with Gasteiger partial charge in [-0.25, -0.2) is 4.98 Å². The monoisotopic (exact) mass is 577 g/mol. The highest BCUT2D eigenvalue weighted by atomic mass is 35.5. The van der Waals surface area contributed by atoms with Gasteiger partial charge in [0, 0.05) is 60.4 Å². The summed E-state index contributed by atoms with van der Waals surface area (Å²) in [7, 11) is 2.13. The van der Waals surface area contributed by atoms with Gasteiger partial charge in [0.2, 0.25) is 0 Å². The average molecular weight is 578 g/mol. The number of benzene rings is 2. The van der Waals surface area contributed by atoms with Crippen LogP contribution in [0.25, 0.3) is 16.6 Å². The van der Waals surface area contributed by atoms with Gasteiger partial charge in [0.05, 0.1) is 36.0 Å². The molecule has 4 rings (SSSR count). The van der Waals surface area contributed by atoms with E-state index in [1.54, 1.807) is 0 Å². The van der Waals surface area contributed by atoms with Crippen molar-refractivity contribution in [2.45, 2.75) is 53.4 Å². The van der Waals surface area contributed by atoms with Gasteiger partial charge in [0.25, 0.3) is 0 Å². The third-order valence-electron chi connectivity index (χ3n) is 7.55. The van der Waals surface area contributed by atoms with Crippen LogP contribution in [0.1, 0.15) is 51.3 Å². The summed E-state index contributed by atoms with van der Waals surface area (Å²) in [6.07, 6.45) is 9.80. The molecule has 0 amide bonds. The second kappa shape index (κ2) is 15.1. The zero-order valence-electron chi connectivity index (χ0n) is 25.1. The Kier molecular flexibility index (Phi) is 11.2. The van der Waals surface area contributed by atoms with Crippen LogP contribution in [0, 0.1) is 6.92 Å². The molecule has 41 heavy (non-hydrogen) atoms. The third kappa shape index (κ3) is 8.12. The summed E-state index contributed by atoms with van der Waals surface area (Å²) in [6, 6.07) is 10.3. The van der Waals surface area contributed by atoms with Crippen LogP contribution in [-0.2, 0) is 11.2 Å². The molecule has 2 aromatic carbocycles. The smallest absolute Gasteiger partial charge is 0.0995 e. The number of allylic oxidation sites excluding steroid dienone is 1. The quantitative estimate of drug-likeness (QED) is 0.126. The molecule has 2 aromatic heterocycles. The molecular weight excluding hydrogens is 534 g/mol. The number of aromatic nitrogens is 4. The molecular formula is C32H44ClN7O. The van der Waals surface area contributed by atoms with Gasteiger partial charge in [-0.3, -0.25) is 5.10 Å². The average Bonchev–Trinajstić information content (AvgIpc) is 3.66. The minimum Gasteiger partial charge on any atom is -0.382 e. The Morgan fingerprint density at radius 2 is 1.98 bits per heavy atom. The fourth-order valence-electron chi connectivity index (χ4n) is 4.89. The first-order valence-electron chi connectivity index (χ1n) is 14.6. The Morgan fingerprint density at radius 3 is 2.76 bits per heavy atom. The van der Waals surface area contributed by atoms with E-state index in [4.69, 9.17) is 16.3 Å². The van der Waals surface area contributed by atoms with Crippen LogP contribution in [0.2, 0.25) is 5.02 Å². The molecule has 8 nitrogen and oxygen atoms in total. The predicted octanol–water partition coefficient (Wildman–Crippen LogP) is 6.89. The maximum absolute atomic E-state index is 6.29. The van der Waals surface area contributed by atoms with Crippen LogP contribution < -0.4 is 15.5 Å². The molecule has 0 saturated heterocycles. The van der Waals surface area contributed by atoms with Crippen molar-refractivity contribution in [3.8, 4) is 5.69 Å². The topological polar surface area (TPSA) is 83.0 Å². The zero-order chi connectivity index (χ0) is 29.2. The molecule has 9 heteroatoms. The number of anilines is 2. The van der Waals surface area contributed by atoms with E-state index in [0.29, 0.717) is 6.61 Å². The van der Waals surface area contributed by atoms with E-state index < -0.39 is 0 Å². The Bertz CT molecular complexity index is 1440. The lowest BCUT2D eigenvalue weighted by Gasteiger charge is -2.27. The Morgan fingerprint density at radius 1 is 1.12 bits per heavy atom. The van der Waals surface area contributed by atoms with E-state index in [-0.39, 0.29) is 0 Å².